The van der Waals surface area contributed by atoms with Gasteiger partial charge >= 0.3 is 5.97 Å². The smallest absolute Gasteiger partial charge is 0.333 e. The molecule has 0 amide bonds. The Morgan fingerprint density at radius 2 is 1.91 bits per heavy atom. The number of para-hydroxylation sites is 1. The lowest BCUT2D eigenvalue weighted by Crippen LogP contribution is -2.12. The number of carbonyl (C=O) groups is 1. The van der Waals surface area contributed by atoms with Crippen LogP contribution in [0, 0.1) is 0 Å². The van der Waals surface area contributed by atoms with E-state index in [-0.39, 0.29) is 12.6 Å². The van der Waals surface area contributed by atoms with Crippen LogP contribution in [0.3, 0.4) is 0 Å². The third-order valence-electron chi connectivity index (χ3n) is 2.48. The molecule has 1 heterocycles. The van der Waals surface area contributed by atoms with E-state index in [0.717, 1.165) is 11.4 Å². The molecule has 23 heavy (non-hydrogen) atoms. The van der Waals surface area contributed by atoms with E-state index < -0.39 is 0 Å². The number of ether oxygens (including phenoxy) is 2. The molecule has 0 aliphatic rings. The van der Waals surface area contributed by atoms with Gasteiger partial charge in [-0.3, -0.25) is 0 Å². The maximum Gasteiger partial charge on any atom is 0.333 e. The molecule has 5 nitrogen and oxygen atoms in total. The third-order valence-corrected chi connectivity index (χ3v) is 2.48. The average Bonchev–Trinajstić information content (AvgIpc) is 2.60. The van der Waals surface area contributed by atoms with Crippen molar-refractivity contribution < 1.29 is 14.3 Å². The van der Waals surface area contributed by atoms with Gasteiger partial charge in [0.2, 0.25) is 0 Å². The Kier molecular flexibility index (Phi) is 8.44. The number of carbonyl (C=O) groups excluding carboxylic acids is 1. The Balaban J connectivity index is 0.000000277. The Morgan fingerprint density at radius 1 is 1.17 bits per heavy atom. The molecule has 120 valence electrons. The molecule has 0 saturated heterocycles. The van der Waals surface area contributed by atoms with Crippen LogP contribution in [0.15, 0.2) is 67.4 Å². The molecule has 1 aromatic heterocycles. The molecule has 2 rings (SSSR count). The molecule has 0 saturated carbocycles. The van der Waals surface area contributed by atoms with Crippen molar-refractivity contribution in [2.24, 2.45) is 0 Å². The summed E-state index contributed by atoms with van der Waals surface area (Å²) in [6.07, 6.45) is 3.29. The fourth-order valence-corrected chi connectivity index (χ4v) is 1.36. The molecule has 0 aliphatic heterocycles. The van der Waals surface area contributed by atoms with E-state index in [9.17, 15) is 4.79 Å². The van der Waals surface area contributed by atoms with Crippen molar-refractivity contribution in [1.29, 1.82) is 0 Å². The highest BCUT2D eigenvalue weighted by Gasteiger charge is 2.01. The Morgan fingerprint density at radius 3 is 2.43 bits per heavy atom. The lowest BCUT2D eigenvalue weighted by Gasteiger charge is -2.06. The Bertz CT molecular complexity index is 613. The SMILES string of the molecule is C=C(C)C(=O)OCCOc1ccccc1.C=Cc1cccnn1. The van der Waals surface area contributed by atoms with Crippen LogP contribution in [0.4, 0.5) is 0 Å². The maximum atomic E-state index is 11.0. The quantitative estimate of drug-likeness (QED) is 0.465. The summed E-state index contributed by atoms with van der Waals surface area (Å²) in [4.78, 5) is 11.0. The fraction of sp³-hybridized carbons (Fsp3) is 0.167. The van der Waals surface area contributed by atoms with Crippen LogP contribution in [0.5, 0.6) is 5.75 Å². The van der Waals surface area contributed by atoms with Crippen molar-refractivity contribution >= 4 is 12.0 Å². The van der Waals surface area contributed by atoms with Crippen LogP contribution in [0.1, 0.15) is 12.6 Å². The van der Waals surface area contributed by atoms with Crippen molar-refractivity contribution in [2.75, 3.05) is 13.2 Å². The Hall–Kier alpha value is -2.95. The summed E-state index contributed by atoms with van der Waals surface area (Å²) in [5, 5.41) is 7.36. The first-order chi connectivity index (χ1) is 11.1. The minimum Gasteiger partial charge on any atom is -0.490 e. The molecule has 2 aromatic rings. The molecule has 0 aliphatic carbocycles. The number of hydrogen-bond donors (Lipinski definition) is 0. The van der Waals surface area contributed by atoms with E-state index in [1.54, 1.807) is 19.2 Å². The van der Waals surface area contributed by atoms with Gasteiger partial charge in [-0.1, -0.05) is 31.4 Å². The van der Waals surface area contributed by atoms with Crippen molar-refractivity contribution in [2.45, 2.75) is 6.92 Å². The monoisotopic (exact) mass is 312 g/mol. The first-order valence-corrected chi connectivity index (χ1v) is 7.04. The van der Waals surface area contributed by atoms with Gasteiger partial charge in [-0.15, -0.1) is 0 Å². The van der Waals surface area contributed by atoms with Gasteiger partial charge in [0.25, 0.3) is 0 Å². The predicted molar refractivity (Wildman–Crippen MR) is 89.8 cm³/mol. The number of aromatic nitrogens is 2. The van der Waals surface area contributed by atoms with Gasteiger partial charge in [0.1, 0.15) is 19.0 Å². The summed E-state index contributed by atoms with van der Waals surface area (Å²) in [5.74, 6) is 0.385. The minimum absolute atomic E-state index is 0.237. The van der Waals surface area contributed by atoms with Gasteiger partial charge in [0.05, 0.1) is 5.69 Å². The number of hydrogen-bond acceptors (Lipinski definition) is 5. The first-order valence-electron chi connectivity index (χ1n) is 7.04. The highest BCUT2D eigenvalue weighted by Crippen LogP contribution is 2.07. The van der Waals surface area contributed by atoms with Crippen molar-refractivity contribution in [1.82, 2.24) is 10.2 Å². The summed E-state index contributed by atoms with van der Waals surface area (Å²) in [6.45, 7) is 9.20. The maximum absolute atomic E-state index is 11.0. The molecule has 5 heteroatoms. The Labute approximate surface area is 136 Å². The molecule has 0 unspecified atom stereocenters. The van der Waals surface area contributed by atoms with Crippen LogP contribution in [-0.4, -0.2) is 29.4 Å². The summed E-state index contributed by atoms with van der Waals surface area (Å²) >= 11 is 0. The number of esters is 1. The summed E-state index contributed by atoms with van der Waals surface area (Å²) in [7, 11) is 0. The molecule has 0 radical (unpaired) electrons. The predicted octanol–water partition coefficient (Wildman–Crippen LogP) is 3.30. The van der Waals surface area contributed by atoms with E-state index in [4.69, 9.17) is 9.47 Å². The van der Waals surface area contributed by atoms with Crippen LogP contribution in [-0.2, 0) is 9.53 Å². The van der Waals surface area contributed by atoms with E-state index >= 15 is 0 Å². The minimum atomic E-state index is -0.383. The first kappa shape index (κ1) is 18.1. The van der Waals surface area contributed by atoms with Crippen molar-refractivity contribution in [3.8, 4) is 5.75 Å². The van der Waals surface area contributed by atoms with Crippen LogP contribution in [0.25, 0.3) is 6.08 Å². The third kappa shape index (κ3) is 8.16. The largest absolute Gasteiger partial charge is 0.490 e. The van der Waals surface area contributed by atoms with Crippen LogP contribution in [0.2, 0.25) is 0 Å². The van der Waals surface area contributed by atoms with Gasteiger partial charge in [-0.05, 0) is 37.3 Å². The highest BCUT2D eigenvalue weighted by atomic mass is 16.6. The number of rotatable bonds is 6. The molecule has 0 N–H and O–H groups in total. The lowest BCUT2D eigenvalue weighted by molar-refractivity contribution is -0.139. The van der Waals surface area contributed by atoms with E-state index in [1.165, 1.54) is 0 Å². The van der Waals surface area contributed by atoms with E-state index in [2.05, 4.69) is 23.4 Å². The zero-order valence-corrected chi connectivity index (χ0v) is 13.1. The normalized spacial score (nSPS) is 9.09. The van der Waals surface area contributed by atoms with Gasteiger partial charge in [0.15, 0.2) is 0 Å². The topological polar surface area (TPSA) is 61.3 Å². The van der Waals surface area contributed by atoms with E-state index in [0.29, 0.717) is 12.2 Å². The summed E-state index contributed by atoms with van der Waals surface area (Å²) < 4.78 is 10.2. The molecule has 1 aromatic carbocycles. The molecular weight excluding hydrogens is 292 g/mol. The molecular formula is C18H20N2O3. The van der Waals surface area contributed by atoms with Gasteiger partial charge in [-0.2, -0.15) is 10.2 Å². The second-order valence-electron chi connectivity index (χ2n) is 4.43. The van der Waals surface area contributed by atoms with Gasteiger partial charge in [-0.25, -0.2) is 4.79 Å². The van der Waals surface area contributed by atoms with Gasteiger partial charge in [0, 0.05) is 11.8 Å². The zero-order valence-electron chi connectivity index (χ0n) is 13.1. The van der Waals surface area contributed by atoms with Crippen LogP contribution >= 0.6 is 0 Å². The molecule has 0 bridgehead atoms. The standard InChI is InChI=1S/C12H14O3.C6H6N2/c1-10(2)12(13)15-9-8-14-11-6-4-3-5-7-11;1-2-6-4-3-5-7-8-6/h3-7H,1,8-9H2,2H3;2-5H,1H2. The highest BCUT2D eigenvalue weighted by molar-refractivity contribution is 5.86. The summed E-state index contributed by atoms with van der Waals surface area (Å²) in [6, 6.07) is 13.0. The van der Waals surface area contributed by atoms with Crippen LogP contribution < -0.4 is 4.74 Å². The second kappa shape index (κ2) is 10.7. The zero-order chi connectivity index (χ0) is 16.9. The molecule has 0 atom stereocenters. The lowest BCUT2D eigenvalue weighted by atomic mass is 10.3. The average molecular weight is 312 g/mol. The number of benzene rings is 1. The summed E-state index contributed by atoms with van der Waals surface area (Å²) in [5.41, 5.74) is 1.21. The van der Waals surface area contributed by atoms with Crippen molar-refractivity contribution in [3.05, 3.63) is 73.1 Å². The second-order valence-corrected chi connectivity index (χ2v) is 4.43. The fourth-order valence-electron chi connectivity index (χ4n) is 1.36. The molecule has 0 fully saturated rings. The molecule has 0 spiro atoms. The van der Waals surface area contributed by atoms with Crippen molar-refractivity contribution in [3.63, 3.8) is 0 Å². The number of nitrogens with zero attached hydrogens (tertiary/aromatic N) is 2. The van der Waals surface area contributed by atoms with E-state index in [1.807, 2.05) is 42.5 Å². The van der Waals surface area contributed by atoms with Gasteiger partial charge < -0.3 is 9.47 Å².